The lowest BCUT2D eigenvalue weighted by atomic mass is 9.92. The molecule has 0 amide bonds. The van der Waals surface area contributed by atoms with Crippen LogP contribution in [0.1, 0.15) is 0 Å². The smallest absolute Gasteiger partial charge is 0.160 e. The lowest BCUT2D eigenvalue weighted by Gasteiger charge is -2.15. The highest BCUT2D eigenvalue weighted by molar-refractivity contribution is 7.26. The van der Waals surface area contributed by atoms with Crippen molar-refractivity contribution in [2.75, 3.05) is 0 Å². The van der Waals surface area contributed by atoms with Crippen LogP contribution >= 0.6 is 22.7 Å². The van der Waals surface area contributed by atoms with Gasteiger partial charge in [-0.05, 0) is 75.8 Å². The number of rotatable bonds is 6. The maximum atomic E-state index is 5.34. The van der Waals surface area contributed by atoms with Gasteiger partial charge in [0.05, 0.1) is 11.4 Å². The SMILES string of the molecule is c1ccc(-c2cc(-c3cc(-c4ccccc4-c4cccc5sc6ccccc6c45)nc(-c4ccccc4)n3)cc(-c3cccc4c3sc3ccccc34)c2)cc1. The molecule has 11 aromatic rings. The van der Waals surface area contributed by atoms with Crippen molar-refractivity contribution in [3.8, 4) is 67.3 Å². The quantitative estimate of drug-likeness (QED) is 0.169. The van der Waals surface area contributed by atoms with Gasteiger partial charge in [-0.3, -0.25) is 0 Å². The van der Waals surface area contributed by atoms with Crippen molar-refractivity contribution in [1.29, 1.82) is 0 Å². The standard InChI is InChI=1S/C52H32N2S2/c1-3-15-33(16-4-1)35-29-36(38-23-13-25-43-41-21-9-11-26-47(41)56-51(38)43)31-37(30-35)45-32-46(54-52(53-45)34-17-5-2-6-18-34)40-20-8-7-19-39(40)42-24-14-28-49-50(42)44-22-10-12-27-48(44)55-49/h1-32H. The molecule has 0 bridgehead atoms. The minimum Gasteiger partial charge on any atom is -0.228 e. The molecule has 3 aromatic heterocycles. The van der Waals surface area contributed by atoms with Gasteiger partial charge >= 0.3 is 0 Å². The summed E-state index contributed by atoms with van der Waals surface area (Å²) in [6, 6.07) is 69.7. The summed E-state index contributed by atoms with van der Waals surface area (Å²) in [4.78, 5) is 10.7. The highest BCUT2D eigenvalue weighted by Gasteiger charge is 2.19. The van der Waals surface area contributed by atoms with Gasteiger partial charge in [0, 0.05) is 57.0 Å². The van der Waals surface area contributed by atoms with Crippen molar-refractivity contribution in [2.45, 2.75) is 0 Å². The van der Waals surface area contributed by atoms with Gasteiger partial charge in [-0.2, -0.15) is 0 Å². The predicted octanol–water partition coefficient (Wildman–Crippen LogP) is 15.2. The highest BCUT2D eigenvalue weighted by Crippen LogP contribution is 2.45. The highest BCUT2D eigenvalue weighted by atomic mass is 32.1. The summed E-state index contributed by atoms with van der Waals surface area (Å²) in [5, 5.41) is 5.15. The van der Waals surface area contributed by atoms with Gasteiger partial charge in [0.1, 0.15) is 0 Å². The zero-order valence-electron chi connectivity index (χ0n) is 30.2. The summed E-state index contributed by atoms with van der Waals surface area (Å²) in [5.41, 5.74) is 11.9. The van der Waals surface area contributed by atoms with E-state index in [9.17, 15) is 0 Å². The Morgan fingerprint density at radius 2 is 0.857 bits per heavy atom. The Bertz CT molecular complexity index is 3250. The molecule has 2 nitrogen and oxygen atoms in total. The molecule has 56 heavy (non-hydrogen) atoms. The maximum Gasteiger partial charge on any atom is 0.160 e. The van der Waals surface area contributed by atoms with E-state index in [-0.39, 0.29) is 0 Å². The number of fused-ring (bicyclic) bond motifs is 6. The van der Waals surface area contributed by atoms with E-state index in [1.165, 1.54) is 51.5 Å². The molecule has 0 aliphatic carbocycles. The van der Waals surface area contributed by atoms with Crippen LogP contribution < -0.4 is 0 Å². The first-order valence-corrected chi connectivity index (χ1v) is 20.4. The molecule has 0 saturated heterocycles. The number of hydrogen-bond donors (Lipinski definition) is 0. The van der Waals surface area contributed by atoms with E-state index in [1.807, 2.05) is 28.7 Å². The van der Waals surface area contributed by atoms with Crippen LogP contribution in [-0.4, -0.2) is 9.97 Å². The van der Waals surface area contributed by atoms with E-state index in [2.05, 4.69) is 188 Å². The van der Waals surface area contributed by atoms with E-state index < -0.39 is 0 Å². The Morgan fingerprint density at radius 1 is 0.304 bits per heavy atom. The van der Waals surface area contributed by atoms with E-state index >= 15 is 0 Å². The molecule has 8 aromatic carbocycles. The van der Waals surface area contributed by atoms with Crippen LogP contribution in [0.15, 0.2) is 194 Å². The van der Waals surface area contributed by atoms with E-state index in [0.29, 0.717) is 5.82 Å². The van der Waals surface area contributed by atoms with E-state index in [1.54, 1.807) is 0 Å². The maximum absolute atomic E-state index is 5.34. The Labute approximate surface area is 332 Å². The third-order valence-electron chi connectivity index (χ3n) is 10.7. The van der Waals surface area contributed by atoms with Gasteiger partial charge in [0.2, 0.25) is 0 Å². The minimum absolute atomic E-state index is 0.699. The van der Waals surface area contributed by atoms with Crippen LogP contribution in [0.3, 0.4) is 0 Å². The second kappa shape index (κ2) is 13.5. The molecule has 0 radical (unpaired) electrons. The van der Waals surface area contributed by atoms with Crippen molar-refractivity contribution in [2.24, 2.45) is 0 Å². The minimum atomic E-state index is 0.699. The third kappa shape index (κ3) is 5.62. The molecular formula is C52H32N2S2. The van der Waals surface area contributed by atoms with Gasteiger partial charge in [-0.1, -0.05) is 152 Å². The van der Waals surface area contributed by atoms with Gasteiger partial charge in [0.25, 0.3) is 0 Å². The van der Waals surface area contributed by atoms with Gasteiger partial charge in [-0.15, -0.1) is 22.7 Å². The zero-order chi connectivity index (χ0) is 37.0. The van der Waals surface area contributed by atoms with E-state index in [4.69, 9.17) is 9.97 Å². The predicted molar refractivity (Wildman–Crippen MR) is 240 cm³/mol. The number of nitrogens with zero attached hydrogens (tertiary/aromatic N) is 2. The second-order valence-electron chi connectivity index (χ2n) is 14.1. The van der Waals surface area contributed by atoms with Crippen molar-refractivity contribution in [1.82, 2.24) is 9.97 Å². The fourth-order valence-electron chi connectivity index (χ4n) is 8.09. The number of aromatic nitrogens is 2. The van der Waals surface area contributed by atoms with Gasteiger partial charge in [0.15, 0.2) is 5.82 Å². The van der Waals surface area contributed by atoms with Crippen molar-refractivity contribution in [3.05, 3.63) is 194 Å². The summed E-state index contributed by atoms with van der Waals surface area (Å²) in [7, 11) is 0. The number of thiophene rings is 2. The van der Waals surface area contributed by atoms with Gasteiger partial charge < -0.3 is 0 Å². The average Bonchev–Trinajstić information content (AvgIpc) is 3.86. The fourth-order valence-corrected chi connectivity index (χ4v) is 10.5. The molecule has 0 aliphatic rings. The molecule has 0 fully saturated rings. The van der Waals surface area contributed by atoms with Crippen molar-refractivity contribution < 1.29 is 0 Å². The van der Waals surface area contributed by atoms with Gasteiger partial charge in [-0.25, -0.2) is 9.97 Å². The molecular weight excluding hydrogens is 717 g/mol. The summed E-state index contributed by atoms with van der Waals surface area (Å²) >= 11 is 3.71. The van der Waals surface area contributed by atoms with Crippen molar-refractivity contribution >= 4 is 63.0 Å². The number of benzene rings is 8. The lowest BCUT2D eigenvalue weighted by molar-refractivity contribution is 1.18. The Morgan fingerprint density at radius 3 is 1.68 bits per heavy atom. The van der Waals surface area contributed by atoms with Crippen LogP contribution in [0.5, 0.6) is 0 Å². The molecule has 0 spiro atoms. The molecule has 11 rings (SSSR count). The molecule has 262 valence electrons. The molecule has 0 unspecified atom stereocenters. The zero-order valence-corrected chi connectivity index (χ0v) is 31.8. The third-order valence-corrected chi connectivity index (χ3v) is 13.1. The lowest BCUT2D eigenvalue weighted by Crippen LogP contribution is -1.97. The molecule has 0 N–H and O–H groups in total. The summed E-state index contributed by atoms with van der Waals surface area (Å²) in [5.74, 6) is 0.699. The summed E-state index contributed by atoms with van der Waals surface area (Å²) in [6.45, 7) is 0. The second-order valence-corrected chi connectivity index (χ2v) is 16.2. The Hall–Kier alpha value is -6.72. The summed E-state index contributed by atoms with van der Waals surface area (Å²) < 4.78 is 5.17. The van der Waals surface area contributed by atoms with Crippen LogP contribution in [0.2, 0.25) is 0 Å². The first-order chi connectivity index (χ1) is 27.7. The monoisotopic (exact) mass is 748 g/mol. The molecule has 0 saturated carbocycles. The first kappa shape index (κ1) is 32.7. The number of hydrogen-bond acceptors (Lipinski definition) is 4. The molecule has 0 atom stereocenters. The van der Waals surface area contributed by atoms with Crippen LogP contribution in [0.25, 0.3) is 108 Å². The summed E-state index contributed by atoms with van der Waals surface area (Å²) in [6.07, 6.45) is 0. The Balaban J connectivity index is 1.16. The Kier molecular flexibility index (Phi) is 7.90. The topological polar surface area (TPSA) is 25.8 Å². The molecule has 4 heteroatoms. The fraction of sp³-hybridized carbons (Fsp3) is 0. The molecule has 0 aliphatic heterocycles. The normalized spacial score (nSPS) is 11.6. The first-order valence-electron chi connectivity index (χ1n) is 18.8. The van der Waals surface area contributed by atoms with E-state index in [0.717, 1.165) is 50.3 Å². The average molecular weight is 749 g/mol. The van der Waals surface area contributed by atoms with Crippen LogP contribution in [0, 0.1) is 0 Å². The molecule has 3 heterocycles. The van der Waals surface area contributed by atoms with Crippen LogP contribution in [0.4, 0.5) is 0 Å². The van der Waals surface area contributed by atoms with Crippen molar-refractivity contribution in [3.63, 3.8) is 0 Å². The van der Waals surface area contributed by atoms with Crippen LogP contribution in [-0.2, 0) is 0 Å². The largest absolute Gasteiger partial charge is 0.228 e.